The minimum absolute atomic E-state index is 0.111. The fourth-order valence-corrected chi connectivity index (χ4v) is 2.67. The molecule has 1 aliphatic heterocycles. The molecule has 2 N–H and O–H groups in total. The van der Waals surface area contributed by atoms with Gasteiger partial charge in [-0.1, -0.05) is 24.3 Å². The Bertz CT molecular complexity index is 735. The second-order valence-corrected chi connectivity index (χ2v) is 5.23. The molecule has 2 aliphatic rings. The lowest BCUT2D eigenvalue weighted by molar-refractivity contribution is -0.111. The third-order valence-corrected chi connectivity index (χ3v) is 3.70. The maximum Gasteiger partial charge on any atom is 0.201 e. The highest BCUT2D eigenvalue weighted by Crippen LogP contribution is 2.28. The Morgan fingerprint density at radius 3 is 2.90 bits per heavy atom. The van der Waals surface area contributed by atoms with Crippen LogP contribution in [-0.4, -0.2) is 17.2 Å². The zero-order valence-corrected chi connectivity index (χ0v) is 11.5. The lowest BCUT2D eigenvalue weighted by Gasteiger charge is -2.16. The molecular formula is C17H15N3O. The highest BCUT2D eigenvalue weighted by atomic mass is 16.1. The number of hydrogen-bond donors (Lipinski definition) is 1. The van der Waals surface area contributed by atoms with Crippen molar-refractivity contribution in [1.82, 2.24) is 4.90 Å². The minimum atomic E-state index is -0.111. The van der Waals surface area contributed by atoms with Gasteiger partial charge in [0.2, 0.25) is 5.78 Å². The molecule has 0 atom stereocenters. The van der Waals surface area contributed by atoms with Gasteiger partial charge in [0.15, 0.2) is 0 Å². The Hall–Kier alpha value is -2.80. The maximum absolute atomic E-state index is 11.6. The lowest BCUT2D eigenvalue weighted by atomic mass is 9.99. The monoisotopic (exact) mass is 277 g/mol. The highest BCUT2D eigenvalue weighted by molar-refractivity contribution is 6.06. The summed E-state index contributed by atoms with van der Waals surface area (Å²) in [6.07, 6.45) is 5.79. The number of nitriles is 1. The van der Waals surface area contributed by atoms with E-state index in [1.807, 2.05) is 36.5 Å². The zero-order chi connectivity index (χ0) is 14.8. The number of nitrogens with two attached hydrogens (primary N) is 1. The first-order chi connectivity index (χ1) is 10.2. The van der Waals surface area contributed by atoms with Crippen LogP contribution in [0.4, 0.5) is 0 Å². The van der Waals surface area contributed by atoms with Crippen molar-refractivity contribution >= 4 is 5.78 Å². The summed E-state index contributed by atoms with van der Waals surface area (Å²) in [5.74, 6) is -0.111. The molecule has 1 heterocycles. The Morgan fingerprint density at radius 1 is 1.29 bits per heavy atom. The smallest absolute Gasteiger partial charge is 0.201 e. The summed E-state index contributed by atoms with van der Waals surface area (Å²) in [4.78, 5) is 13.7. The average Bonchev–Trinajstić information content (AvgIpc) is 2.87. The Kier molecular flexibility index (Phi) is 3.33. The normalized spacial score (nSPS) is 16.8. The molecule has 0 saturated heterocycles. The predicted octanol–water partition coefficient (Wildman–Crippen LogP) is 1.80. The van der Waals surface area contributed by atoms with E-state index in [1.165, 1.54) is 6.08 Å². The van der Waals surface area contributed by atoms with Crippen molar-refractivity contribution in [3.05, 3.63) is 70.6 Å². The molecule has 0 saturated carbocycles. The van der Waals surface area contributed by atoms with Crippen LogP contribution in [0.25, 0.3) is 0 Å². The van der Waals surface area contributed by atoms with Crippen molar-refractivity contribution in [3.8, 4) is 6.07 Å². The summed E-state index contributed by atoms with van der Waals surface area (Å²) in [6, 6.07) is 10.2. The average molecular weight is 277 g/mol. The van der Waals surface area contributed by atoms with Crippen molar-refractivity contribution < 1.29 is 4.79 Å². The molecule has 1 aromatic rings. The van der Waals surface area contributed by atoms with E-state index < -0.39 is 0 Å². The van der Waals surface area contributed by atoms with E-state index >= 15 is 0 Å². The van der Waals surface area contributed by atoms with Gasteiger partial charge in [0.05, 0.1) is 18.2 Å². The Labute approximate surface area is 123 Å². The van der Waals surface area contributed by atoms with Crippen LogP contribution < -0.4 is 5.73 Å². The number of carbonyl (C=O) groups is 1. The quantitative estimate of drug-likeness (QED) is 0.914. The van der Waals surface area contributed by atoms with Gasteiger partial charge in [-0.15, -0.1) is 0 Å². The second-order valence-electron chi connectivity index (χ2n) is 5.23. The number of nitrogens with zero attached hydrogens (tertiary/aromatic N) is 2. The van der Waals surface area contributed by atoms with E-state index in [9.17, 15) is 4.79 Å². The van der Waals surface area contributed by atoms with E-state index in [0.29, 0.717) is 18.7 Å². The van der Waals surface area contributed by atoms with Crippen LogP contribution in [0.5, 0.6) is 0 Å². The third kappa shape index (κ3) is 2.59. The number of hydrogen-bond acceptors (Lipinski definition) is 4. The molecule has 0 radical (unpaired) electrons. The van der Waals surface area contributed by atoms with E-state index in [1.54, 1.807) is 0 Å². The maximum atomic E-state index is 11.6. The van der Waals surface area contributed by atoms with E-state index in [4.69, 9.17) is 11.0 Å². The largest absolute Gasteiger partial charge is 0.395 e. The number of carbonyl (C=O) groups excluding carboxylic acids is 1. The first-order valence-electron chi connectivity index (χ1n) is 6.79. The van der Waals surface area contributed by atoms with Crippen molar-refractivity contribution in [1.29, 1.82) is 5.26 Å². The molecule has 1 aliphatic carbocycles. The van der Waals surface area contributed by atoms with Crippen molar-refractivity contribution in [2.24, 2.45) is 5.73 Å². The van der Waals surface area contributed by atoms with Gasteiger partial charge in [-0.3, -0.25) is 4.79 Å². The number of rotatable bonds is 3. The van der Waals surface area contributed by atoms with Crippen molar-refractivity contribution in [3.63, 3.8) is 0 Å². The van der Waals surface area contributed by atoms with Crippen LogP contribution in [0.2, 0.25) is 0 Å². The highest BCUT2D eigenvalue weighted by Gasteiger charge is 2.24. The number of benzene rings is 1. The number of ketones is 1. The molecule has 1 aromatic carbocycles. The van der Waals surface area contributed by atoms with Gasteiger partial charge >= 0.3 is 0 Å². The summed E-state index contributed by atoms with van der Waals surface area (Å²) in [6.45, 7) is 1.39. The van der Waals surface area contributed by atoms with Gasteiger partial charge in [-0.05, 0) is 28.9 Å². The first-order valence-corrected chi connectivity index (χ1v) is 6.79. The Morgan fingerprint density at radius 2 is 2.10 bits per heavy atom. The van der Waals surface area contributed by atoms with Gasteiger partial charge in [0.1, 0.15) is 0 Å². The molecule has 4 nitrogen and oxygen atoms in total. The first kappa shape index (κ1) is 13.2. The van der Waals surface area contributed by atoms with Crippen LogP contribution in [0.3, 0.4) is 0 Å². The Balaban J connectivity index is 1.78. The van der Waals surface area contributed by atoms with Gasteiger partial charge < -0.3 is 10.6 Å². The van der Waals surface area contributed by atoms with Gasteiger partial charge in [0.25, 0.3) is 0 Å². The summed E-state index contributed by atoms with van der Waals surface area (Å²) < 4.78 is 0. The SMILES string of the molecule is N#CCc1cccc(CN2C=C3C=CC(=O)C(N)=C3C2)c1. The van der Waals surface area contributed by atoms with E-state index in [-0.39, 0.29) is 5.78 Å². The standard InChI is InChI=1S/C17H15N3O/c18-7-6-12-2-1-3-13(8-12)9-20-10-14-4-5-16(21)17(19)15(14)11-20/h1-5,8,10H,6,9,11,19H2. The van der Waals surface area contributed by atoms with Gasteiger partial charge in [-0.2, -0.15) is 5.26 Å². The van der Waals surface area contributed by atoms with Crippen LogP contribution in [0.15, 0.2) is 59.5 Å². The number of fused-ring (bicyclic) bond motifs is 1. The number of allylic oxidation sites excluding steroid dienone is 2. The molecule has 21 heavy (non-hydrogen) atoms. The predicted molar refractivity (Wildman–Crippen MR) is 79.6 cm³/mol. The van der Waals surface area contributed by atoms with Crippen molar-refractivity contribution in [2.75, 3.05) is 6.54 Å². The van der Waals surface area contributed by atoms with Crippen molar-refractivity contribution in [2.45, 2.75) is 13.0 Å². The van der Waals surface area contributed by atoms with Crippen LogP contribution in [0, 0.1) is 11.3 Å². The molecule has 3 rings (SSSR count). The topological polar surface area (TPSA) is 70.1 Å². The zero-order valence-electron chi connectivity index (χ0n) is 11.5. The van der Waals surface area contributed by atoms with Gasteiger partial charge in [0, 0.05) is 24.9 Å². The van der Waals surface area contributed by atoms with Crippen LogP contribution in [0.1, 0.15) is 11.1 Å². The summed E-state index contributed by atoms with van der Waals surface area (Å²) >= 11 is 0. The van der Waals surface area contributed by atoms with E-state index in [2.05, 4.69) is 11.0 Å². The molecular weight excluding hydrogens is 262 g/mol. The molecule has 4 heteroatoms. The molecule has 0 amide bonds. The molecule has 0 aromatic heterocycles. The second kappa shape index (κ2) is 5.29. The lowest BCUT2D eigenvalue weighted by Crippen LogP contribution is -2.20. The van der Waals surface area contributed by atoms with Gasteiger partial charge in [-0.25, -0.2) is 0 Å². The summed E-state index contributed by atoms with van der Waals surface area (Å²) in [7, 11) is 0. The molecule has 0 fully saturated rings. The summed E-state index contributed by atoms with van der Waals surface area (Å²) in [5, 5.41) is 8.76. The molecule has 104 valence electrons. The molecule has 0 spiro atoms. The van der Waals surface area contributed by atoms with Crippen LogP contribution in [-0.2, 0) is 17.8 Å². The van der Waals surface area contributed by atoms with Crippen LogP contribution >= 0.6 is 0 Å². The fourth-order valence-electron chi connectivity index (χ4n) is 2.67. The fraction of sp³-hybridized carbons (Fsp3) is 0.176. The molecule has 0 unspecified atom stereocenters. The molecule has 0 bridgehead atoms. The third-order valence-electron chi connectivity index (χ3n) is 3.70. The summed E-state index contributed by atoms with van der Waals surface area (Å²) in [5.41, 5.74) is 10.3. The minimum Gasteiger partial charge on any atom is -0.395 e. The van der Waals surface area contributed by atoms with E-state index in [0.717, 1.165) is 28.8 Å².